The van der Waals surface area contributed by atoms with E-state index in [0.29, 0.717) is 6.54 Å². The number of amides is 2. The second-order valence-corrected chi connectivity index (χ2v) is 7.27. The van der Waals surface area contributed by atoms with Crippen molar-refractivity contribution in [2.24, 2.45) is 0 Å². The van der Waals surface area contributed by atoms with Crippen molar-refractivity contribution in [2.45, 2.75) is 32.1 Å². The van der Waals surface area contributed by atoms with Crippen LogP contribution >= 0.6 is 15.9 Å². The number of carbonyl (C=O) groups excluding carboxylic acids is 1. The van der Waals surface area contributed by atoms with Gasteiger partial charge in [-0.2, -0.15) is 0 Å². The van der Waals surface area contributed by atoms with Gasteiger partial charge >= 0.3 is 6.03 Å². The quantitative estimate of drug-likeness (QED) is 0.785. The molecular weight excluding hydrogens is 352 g/mol. The van der Waals surface area contributed by atoms with E-state index in [2.05, 4.69) is 57.8 Å². The van der Waals surface area contributed by atoms with Gasteiger partial charge in [-0.3, -0.25) is 0 Å². The minimum absolute atomic E-state index is 0.124. The summed E-state index contributed by atoms with van der Waals surface area (Å²) >= 11 is 3.48. The van der Waals surface area contributed by atoms with Crippen LogP contribution in [-0.2, 0) is 5.41 Å². The van der Waals surface area contributed by atoms with E-state index < -0.39 is 0 Å². The van der Waals surface area contributed by atoms with Crippen molar-refractivity contribution >= 4 is 27.6 Å². The Morgan fingerprint density at radius 1 is 1.13 bits per heavy atom. The van der Waals surface area contributed by atoms with Crippen LogP contribution in [0.25, 0.3) is 0 Å². The van der Waals surface area contributed by atoms with Gasteiger partial charge in [-0.05, 0) is 49.9 Å². The summed E-state index contributed by atoms with van der Waals surface area (Å²) in [5, 5.41) is 5.91. The number of anilines is 1. The molecule has 3 rings (SSSR count). The minimum Gasteiger partial charge on any atom is -0.337 e. The van der Waals surface area contributed by atoms with Gasteiger partial charge in [0.25, 0.3) is 0 Å². The summed E-state index contributed by atoms with van der Waals surface area (Å²) < 4.78 is 0.994. The van der Waals surface area contributed by atoms with E-state index >= 15 is 0 Å². The fourth-order valence-electron chi connectivity index (χ4n) is 2.72. The highest BCUT2D eigenvalue weighted by molar-refractivity contribution is 9.10. The molecule has 120 valence electrons. The van der Waals surface area contributed by atoms with Crippen molar-refractivity contribution in [1.82, 2.24) is 5.32 Å². The molecule has 0 unspecified atom stereocenters. The lowest BCUT2D eigenvalue weighted by molar-refractivity contribution is 0.251. The number of halogens is 1. The Morgan fingerprint density at radius 2 is 1.83 bits per heavy atom. The molecule has 1 aliphatic rings. The third-order valence-corrected chi connectivity index (χ3v) is 5.39. The number of benzene rings is 2. The number of urea groups is 1. The van der Waals surface area contributed by atoms with Gasteiger partial charge in [0.15, 0.2) is 0 Å². The van der Waals surface area contributed by atoms with Gasteiger partial charge in [0, 0.05) is 22.1 Å². The Balaban J connectivity index is 1.58. The van der Waals surface area contributed by atoms with Crippen molar-refractivity contribution in [3.05, 3.63) is 63.6 Å². The highest BCUT2D eigenvalue weighted by Crippen LogP contribution is 2.47. The van der Waals surface area contributed by atoms with E-state index in [9.17, 15) is 4.79 Å². The van der Waals surface area contributed by atoms with Crippen LogP contribution in [0.15, 0.2) is 46.9 Å². The second kappa shape index (κ2) is 6.36. The Morgan fingerprint density at radius 3 is 2.43 bits per heavy atom. The molecule has 0 aromatic heterocycles. The van der Waals surface area contributed by atoms with Crippen molar-refractivity contribution in [3.8, 4) is 0 Å². The van der Waals surface area contributed by atoms with Crippen molar-refractivity contribution in [3.63, 3.8) is 0 Å². The van der Waals surface area contributed by atoms with Gasteiger partial charge in [0.05, 0.1) is 0 Å². The van der Waals surface area contributed by atoms with Crippen LogP contribution in [0.1, 0.15) is 29.5 Å². The fraction of sp³-hybridized carbons (Fsp3) is 0.316. The van der Waals surface area contributed by atoms with Crippen LogP contribution in [0.2, 0.25) is 0 Å². The summed E-state index contributed by atoms with van der Waals surface area (Å²) in [5.74, 6) is 0. The highest BCUT2D eigenvalue weighted by Gasteiger charge is 2.44. The summed E-state index contributed by atoms with van der Waals surface area (Å²) in [6, 6.07) is 14.3. The molecule has 2 amide bonds. The minimum atomic E-state index is -0.154. The molecule has 2 aromatic carbocycles. The predicted molar refractivity (Wildman–Crippen MR) is 98.0 cm³/mol. The van der Waals surface area contributed by atoms with Crippen molar-refractivity contribution in [2.75, 3.05) is 11.9 Å². The van der Waals surface area contributed by atoms with E-state index in [1.807, 2.05) is 25.1 Å². The predicted octanol–water partition coefficient (Wildman–Crippen LogP) is 4.92. The zero-order chi connectivity index (χ0) is 16.4. The number of aryl methyl sites for hydroxylation is 2. The van der Waals surface area contributed by atoms with Crippen LogP contribution in [-0.4, -0.2) is 12.6 Å². The topological polar surface area (TPSA) is 41.1 Å². The Labute approximate surface area is 145 Å². The van der Waals surface area contributed by atoms with Crippen molar-refractivity contribution < 1.29 is 4.79 Å². The molecule has 1 fully saturated rings. The zero-order valence-electron chi connectivity index (χ0n) is 13.4. The molecule has 4 heteroatoms. The normalized spacial score (nSPS) is 15.1. The first-order chi connectivity index (χ1) is 11.0. The van der Waals surface area contributed by atoms with E-state index in [-0.39, 0.29) is 11.4 Å². The first kappa shape index (κ1) is 16.1. The molecule has 0 atom stereocenters. The molecule has 0 radical (unpaired) electrons. The largest absolute Gasteiger partial charge is 0.337 e. The molecule has 1 saturated carbocycles. The van der Waals surface area contributed by atoms with Gasteiger partial charge in [-0.15, -0.1) is 0 Å². The van der Waals surface area contributed by atoms with Gasteiger partial charge in [0.1, 0.15) is 0 Å². The Bertz CT molecular complexity index is 721. The number of carbonyl (C=O) groups is 1. The standard InChI is InChI=1S/C19H21BrN2O/c1-13-3-6-15(7-4-13)19(9-10-19)12-21-18(23)22-16-8-5-14(2)17(20)11-16/h3-8,11H,9-10,12H2,1-2H3,(H2,21,22,23). The molecule has 23 heavy (non-hydrogen) atoms. The first-order valence-corrected chi connectivity index (χ1v) is 8.66. The molecule has 2 aromatic rings. The van der Waals surface area contributed by atoms with Crippen LogP contribution in [0, 0.1) is 13.8 Å². The Kier molecular flexibility index (Phi) is 4.44. The highest BCUT2D eigenvalue weighted by atomic mass is 79.9. The van der Waals surface area contributed by atoms with E-state index in [1.54, 1.807) is 0 Å². The average molecular weight is 373 g/mol. The lowest BCUT2D eigenvalue weighted by atomic mass is 9.95. The Hall–Kier alpha value is -1.81. The van der Waals surface area contributed by atoms with Crippen LogP contribution in [0.5, 0.6) is 0 Å². The number of nitrogens with one attached hydrogen (secondary N) is 2. The van der Waals surface area contributed by atoms with Crippen LogP contribution in [0.4, 0.5) is 10.5 Å². The maximum atomic E-state index is 12.1. The molecule has 3 nitrogen and oxygen atoms in total. The molecule has 0 aliphatic heterocycles. The molecule has 0 spiro atoms. The summed E-state index contributed by atoms with van der Waals surface area (Å²) in [5.41, 5.74) is 4.65. The monoisotopic (exact) mass is 372 g/mol. The molecule has 0 heterocycles. The zero-order valence-corrected chi connectivity index (χ0v) is 15.0. The third-order valence-electron chi connectivity index (χ3n) is 4.53. The lowest BCUT2D eigenvalue weighted by Gasteiger charge is -2.17. The summed E-state index contributed by atoms with van der Waals surface area (Å²) in [4.78, 5) is 12.1. The first-order valence-electron chi connectivity index (χ1n) is 7.87. The summed E-state index contributed by atoms with van der Waals surface area (Å²) in [7, 11) is 0. The number of hydrogen-bond acceptors (Lipinski definition) is 1. The smallest absolute Gasteiger partial charge is 0.319 e. The molecule has 1 aliphatic carbocycles. The second-order valence-electron chi connectivity index (χ2n) is 6.42. The van der Waals surface area contributed by atoms with Crippen molar-refractivity contribution in [1.29, 1.82) is 0 Å². The molecule has 0 saturated heterocycles. The molecular formula is C19H21BrN2O. The number of hydrogen-bond donors (Lipinski definition) is 2. The van der Waals surface area contributed by atoms with Gasteiger partial charge in [0.2, 0.25) is 0 Å². The van der Waals surface area contributed by atoms with Crippen LogP contribution in [0.3, 0.4) is 0 Å². The van der Waals surface area contributed by atoms with Gasteiger partial charge in [-0.25, -0.2) is 4.79 Å². The van der Waals surface area contributed by atoms with E-state index in [1.165, 1.54) is 11.1 Å². The third kappa shape index (κ3) is 3.75. The maximum absolute atomic E-state index is 12.1. The number of rotatable bonds is 4. The SMILES string of the molecule is Cc1ccc(C2(CNC(=O)Nc3ccc(C)c(Br)c3)CC2)cc1. The fourth-order valence-corrected chi connectivity index (χ4v) is 3.10. The van der Waals surface area contributed by atoms with Gasteiger partial charge in [-0.1, -0.05) is 51.8 Å². The van der Waals surface area contributed by atoms with E-state index in [4.69, 9.17) is 0 Å². The van der Waals surface area contributed by atoms with Gasteiger partial charge < -0.3 is 10.6 Å². The van der Waals surface area contributed by atoms with Crippen LogP contribution < -0.4 is 10.6 Å². The average Bonchev–Trinajstić information content (AvgIpc) is 3.31. The van der Waals surface area contributed by atoms with E-state index in [0.717, 1.165) is 28.6 Å². The molecule has 0 bridgehead atoms. The summed E-state index contributed by atoms with van der Waals surface area (Å²) in [6.45, 7) is 4.79. The maximum Gasteiger partial charge on any atom is 0.319 e. The summed E-state index contributed by atoms with van der Waals surface area (Å²) in [6.07, 6.45) is 2.26. The lowest BCUT2D eigenvalue weighted by Crippen LogP contribution is -2.35. The molecule has 2 N–H and O–H groups in total.